The number of hydrogen-bond acceptors (Lipinski definition) is 5. The van der Waals surface area contributed by atoms with Gasteiger partial charge < -0.3 is 9.30 Å². The van der Waals surface area contributed by atoms with Gasteiger partial charge in [-0.05, 0) is 31.2 Å². The molecule has 2 amide bonds. The summed E-state index contributed by atoms with van der Waals surface area (Å²) in [6, 6.07) is 7.62. The van der Waals surface area contributed by atoms with Crippen LogP contribution in [0.15, 0.2) is 47.7 Å². The Morgan fingerprint density at radius 1 is 1.17 bits per heavy atom. The fraction of sp³-hybridized carbons (Fsp3) is 0.364. The number of aromatic nitrogens is 1. The third kappa shape index (κ3) is 2.72. The minimum atomic E-state index is -0.322. The second kappa shape index (κ2) is 6.69. The number of hydrogen-bond donors (Lipinski definition) is 0. The summed E-state index contributed by atoms with van der Waals surface area (Å²) in [7, 11) is 0. The van der Waals surface area contributed by atoms with Gasteiger partial charge in [-0.2, -0.15) is 10.1 Å². The largest absolute Gasteiger partial charge is 0.465 e. The summed E-state index contributed by atoms with van der Waals surface area (Å²) in [6.45, 7) is 2.18. The highest BCUT2D eigenvalue weighted by Gasteiger charge is 2.59. The molecule has 1 saturated carbocycles. The second-order valence-electron chi connectivity index (χ2n) is 7.77. The number of rotatable bonds is 5. The first kappa shape index (κ1) is 17.8. The molecule has 2 fully saturated rings. The van der Waals surface area contributed by atoms with Crippen LogP contribution < -0.4 is 0 Å². The molecular formula is C22H21N3O4. The van der Waals surface area contributed by atoms with E-state index in [9.17, 15) is 14.4 Å². The van der Waals surface area contributed by atoms with E-state index in [1.165, 1.54) is 6.21 Å². The van der Waals surface area contributed by atoms with E-state index in [1.807, 2.05) is 24.3 Å². The number of carbonyl (C=O) groups excluding carboxylic acids is 3. The topological polar surface area (TPSA) is 81.0 Å². The van der Waals surface area contributed by atoms with E-state index in [-0.39, 0.29) is 48.0 Å². The smallest absolute Gasteiger partial charge is 0.325 e. The predicted molar refractivity (Wildman–Crippen MR) is 106 cm³/mol. The monoisotopic (exact) mass is 391 g/mol. The summed E-state index contributed by atoms with van der Waals surface area (Å²) < 4.78 is 6.84. The van der Waals surface area contributed by atoms with Gasteiger partial charge in [0.25, 0.3) is 11.8 Å². The molecule has 2 aliphatic carbocycles. The zero-order valence-corrected chi connectivity index (χ0v) is 16.0. The van der Waals surface area contributed by atoms with Crippen molar-refractivity contribution >= 4 is 34.9 Å². The fourth-order valence-corrected chi connectivity index (χ4v) is 4.97. The number of amides is 2. The average molecular weight is 391 g/mol. The average Bonchev–Trinajstić information content (AvgIpc) is 3.45. The Balaban J connectivity index is 1.43. The van der Waals surface area contributed by atoms with Crippen LogP contribution in [0.3, 0.4) is 0 Å². The Kier molecular flexibility index (Phi) is 4.12. The molecule has 1 aromatic carbocycles. The maximum absolute atomic E-state index is 12.8. The number of esters is 1. The van der Waals surface area contributed by atoms with Gasteiger partial charge >= 0.3 is 5.97 Å². The van der Waals surface area contributed by atoms with Gasteiger partial charge in [-0.15, -0.1) is 0 Å². The molecule has 0 unspecified atom stereocenters. The van der Waals surface area contributed by atoms with Crippen LogP contribution in [0.5, 0.6) is 0 Å². The second-order valence-corrected chi connectivity index (χ2v) is 7.77. The van der Waals surface area contributed by atoms with Crippen LogP contribution >= 0.6 is 0 Å². The van der Waals surface area contributed by atoms with Crippen LogP contribution in [0.1, 0.15) is 18.9 Å². The SMILES string of the molecule is CCOC(=O)Cn1cc(/C=N\N2C(=O)[C@@H]3[C@@H](C2=O)[C@H]2C=C[C@@H]3C2)c2ccccc21. The molecule has 1 saturated heterocycles. The lowest BCUT2D eigenvalue weighted by Crippen LogP contribution is -2.28. The molecule has 0 N–H and O–H groups in total. The summed E-state index contributed by atoms with van der Waals surface area (Å²) in [4.78, 5) is 37.5. The Bertz CT molecular complexity index is 1050. The quantitative estimate of drug-likeness (QED) is 0.339. The number of ether oxygens (including phenoxy) is 1. The summed E-state index contributed by atoms with van der Waals surface area (Å²) >= 11 is 0. The Morgan fingerprint density at radius 2 is 1.86 bits per heavy atom. The van der Waals surface area contributed by atoms with Crippen LogP contribution in [0, 0.1) is 23.7 Å². The third-order valence-corrected chi connectivity index (χ3v) is 6.18. The first-order chi connectivity index (χ1) is 14.1. The van der Waals surface area contributed by atoms with E-state index in [4.69, 9.17) is 4.74 Å². The summed E-state index contributed by atoms with van der Waals surface area (Å²) in [6.07, 6.45) is 8.35. The van der Waals surface area contributed by atoms with Crippen LogP contribution in [0.2, 0.25) is 0 Å². The number of allylic oxidation sites excluding steroid dienone is 2. The van der Waals surface area contributed by atoms with Crippen molar-refractivity contribution in [1.29, 1.82) is 0 Å². The zero-order valence-electron chi connectivity index (χ0n) is 16.0. The first-order valence-corrected chi connectivity index (χ1v) is 9.92. The highest BCUT2D eigenvalue weighted by atomic mass is 16.5. The summed E-state index contributed by atoms with van der Waals surface area (Å²) in [5.74, 6) is -0.940. The van der Waals surface area contributed by atoms with Crippen LogP contribution in [-0.4, -0.2) is 40.2 Å². The van der Waals surface area contributed by atoms with Gasteiger partial charge in [-0.3, -0.25) is 14.4 Å². The summed E-state index contributed by atoms with van der Waals surface area (Å²) in [5.41, 5.74) is 1.60. The van der Waals surface area contributed by atoms with Crippen molar-refractivity contribution in [3.05, 3.63) is 48.2 Å². The van der Waals surface area contributed by atoms with Crippen LogP contribution in [-0.2, 0) is 25.7 Å². The van der Waals surface area contributed by atoms with Crippen molar-refractivity contribution in [3.63, 3.8) is 0 Å². The lowest BCUT2D eigenvalue weighted by Gasteiger charge is -2.13. The molecule has 2 heterocycles. The molecule has 29 heavy (non-hydrogen) atoms. The Morgan fingerprint density at radius 3 is 2.55 bits per heavy atom. The van der Waals surface area contributed by atoms with Gasteiger partial charge in [-0.1, -0.05) is 30.4 Å². The molecule has 4 atom stereocenters. The van der Waals surface area contributed by atoms with Crippen molar-refractivity contribution < 1.29 is 19.1 Å². The number of benzene rings is 1. The number of nitrogens with zero attached hydrogens (tertiary/aromatic N) is 3. The van der Waals surface area contributed by atoms with E-state index >= 15 is 0 Å². The number of carbonyl (C=O) groups is 3. The third-order valence-electron chi connectivity index (χ3n) is 6.18. The van der Waals surface area contributed by atoms with Crippen LogP contribution in [0.4, 0.5) is 0 Å². The minimum absolute atomic E-state index is 0.0863. The molecule has 0 radical (unpaired) electrons. The molecule has 7 heteroatoms. The molecular weight excluding hydrogens is 370 g/mol. The maximum Gasteiger partial charge on any atom is 0.325 e. The molecule has 148 valence electrons. The molecule has 1 aliphatic heterocycles. The molecule has 5 rings (SSSR count). The van der Waals surface area contributed by atoms with E-state index in [0.29, 0.717) is 6.61 Å². The molecule has 3 aliphatic rings. The molecule has 7 nitrogen and oxygen atoms in total. The van der Waals surface area contributed by atoms with Gasteiger partial charge in [0.15, 0.2) is 0 Å². The van der Waals surface area contributed by atoms with E-state index < -0.39 is 0 Å². The van der Waals surface area contributed by atoms with Crippen molar-refractivity contribution in [2.24, 2.45) is 28.8 Å². The van der Waals surface area contributed by atoms with Gasteiger partial charge in [0.05, 0.1) is 24.7 Å². The number of fused-ring (bicyclic) bond motifs is 6. The normalized spacial score (nSPS) is 27.6. The number of para-hydroxylation sites is 1. The zero-order chi connectivity index (χ0) is 20.1. The number of imide groups is 1. The highest BCUT2D eigenvalue weighted by Crippen LogP contribution is 2.52. The Hall–Kier alpha value is -3.22. The van der Waals surface area contributed by atoms with E-state index in [2.05, 4.69) is 17.3 Å². The maximum atomic E-state index is 12.8. The fourth-order valence-electron chi connectivity index (χ4n) is 4.97. The van der Waals surface area contributed by atoms with Crippen LogP contribution in [0.25, 0.3) is 10.9 Å². The molecule has 2 bridgehead atoms. The molecule has 1 aromatic heterocycles. The first-order valence-electron chi connectivity index (χ1n) is 9.92. The standard InChI is InChI=1S/C22H21N3O4/c1-2-29-18(26)12-24-11-15(16-5-3-4-6-17(16)24)10-23-25-21(27)19-13-7-8-14(9-13)20(19)22(25)28/h3-8,10-11,13-14,19-20H,2,9,12H2,1H3/b23-10-/t13-,14+,19-,20-/m0/s1. The van der Waals surface area contributed by atoms with Crippen molar-refractivity contribution in [3.8, 4) is 0 Å². The summed E-state index contributed by atoms with van der Waals surface area (Å²) in [5, 5.41) is 6.20. The lowest BCUT2D eigenvalue weighted by molar-refractivity contribution is -0.144. The van der Waals surface area contributed by atoms with E-state index in [1.54, 1.807) is 17.7 Å². The van der Waals surface area contributed by atoms with Gasteiger partial charge in [0, 0.05) is 22.7 Å². The van der Waals surface area contributed by atoms with E-state index in [0.717, 1.165) is 27.9 Å². The predicted octanol–water partition coefficient (Wildman–Crippen LogP) is 2.35. The molecule has 0 spiro atoms. The van der Waals surface area contributed by atoms with Crippen molar-refractivity contribution in [2.75, 3.05) is 6.61 Å². The van der Waals surface area contributed by atoms with Gasteiger partial charge in [-0.25, -0.2) is 0 Å². The van der Waals surface area contributed by atoms with Gasteiger partial charge in [0.2, 0.25) is 0 Å². The van der Waals surface area contributed by atoms with Crippen molar-refractivity contribution in [2.45, 2.75) is 19.9 Å². The number of hydrazone groups is 1. The van der Waals surface area contributed by atoms with Gasteiger partial charge in [0.1, 0.15) is 6.54 Å². The highest BCUT2D eigenvalue weighted by molar-refractivity contribution is 6.07. The van der Waals surface area contributed by atoms with Crippen molar-refractivity contribution in [1.82, 2.24) is 9.58 Å². The Labute approximate surface area is 167 Å². The molecule has 2 aromatic rings. The lowest BCUT2D eigenvalue weighted by atomic mass is 9.85. The minimum Gasteiger partial charge on any atom is -0.465 e.